The van der Waals surface area contributed by atoms with Crippen LogP contribution in [-0.4, -0.2) is 81.8 Å². The highest BCUT2D eigenvalue weighted by Crippen LogP contribution is 2.35. The van der Waals surface area contributed by atoms with E-state index in [4.69, 9.17) is 57.1 Å². The molecule has 12 aromatic rings. The fourth-order valence-electron chi connectivity index (χ4n) is 10.2. The van der Waals surface area contributed by atoms with Crippen molar-refractivity contribution in [2.45, 2.75) is 128 Å². The zero-order chi connectivity index (χ0) is 70.3. The Labute approximate surface area is 573 Å². The second-order valence-corrected chi connectivity index (χ2v) is 25.0. The number of benzene rings is 6. The van der Waals surface area contributed by atoms with Crippen LogP contribution in [-0.2, 0) is 6.61 Å². The number of methoxy groups -OCH3 is 1. The SMILES string of the molecule is CCCCCCCCOc1cccc2nc(C)nc(N)c12.COc1ccc(Oc2cccc3nc(C)nc(N)c23)cc1.Cc1nc(N)c2c(OCC(C)(C)C)cccc2n1.Cc1nc(N)c2c(OCCC(C)C)cccc2n1.Cc1nc(N)c2c(OCc3cccnc3)cccc2n1. The lowest BCUT2D eigenvalue weighted by Gasteiger charge is -2.19. The second-order valence-electron chi connectivity index (χ2n) is 25.0. The van der Waals surface area contributed by atoms with Crippen molar-refractivity contribution in [3.05, 3.63) is 174 Å². The summed E-state index contributed by atoms with van der Waals surface area (Å²) in [7, 11) is 1.63. The molecule has 0 saturated carbocycles. The van der Waals surface area contributed by atoms with Gasteiger partial charge in [-0.3, -0.25) is 4.98 Å². The van der Waals surface area contributed by atoms with Crippen molar-refractivity contribution in [1.29, 1.82) is 0 Å². The number of hydrogen-bond acceptors (Lipinski definition) is 22. The third-order valence-electron chi connectivity index (χ3n) is 14.9. The molecule has 0 aliphatic rings. The van der Waals surface area contributed by atoms with Gasteiger partial charge in [0.05, 0.1) is 81.4 Å². The van der Waals surface area contributed by atoms with Crippen molar-refractivity contribution in [1.82, 2.24) is 54.8 Å². The number of pyridine rings is 1. The third-order valence-corrected chi connectivity index (χ3v) is 14.9. The summed E-state index contributed by atoms with van der Waals surface area (Å²) in [5, 5.41) is 3.91. The number of fused-ring (bicyclic) bond motifs is 5. The molecule has 0 saturated heterocycles. The standard InChI is InChI=1S/C17H25N3O.C16H15N3O2.C15H14N4O.2C14H19N3O/c1-3-4-5-6-7-8-12-21-15-11-9-10-14-16(15)17(18)20-13(2)19-14;1-10-18-13-4-3-5-14(15(13)16(17)19-10)21-12-8-6-11(20-2)7-9-12;1-10-18-12-5-2-6-13(14(12)15(16)19-10)20-9-11-4-3-7-17-8-11;1-9-16-10-6-5-7-11(12(10)13(15)17-9)18-8-14(2,3)4;1-9(2)7-8-18-12-6-4-5-11-13(12)14(15)17-10(3)16-11/h9-11H,3-8,12H2,1-2H3,(H2,18,19,20);3-9H,1-2H3,(H2,17,18,19);2-8H,9H2,1H3,(H2,16,18,19);5-7H,8H2,1-4H3,(H2,15,16,17);4-6,9H,7-8H2,1-3H3,(H2,15,16,17). The van der Waals surface area contributed by atoms with Gasteiger partial charge in [-0.05, 0) is 150 Å². The van der Waals surface area contributed by atoms with Crippen LogP contribution in [0.15, 0.2) is 140 Å². The van der Waals surface area contributed by atoms with E-state index in [0.29, 0.717) is 101 Å². The number of ether oxygens (including phenoxy) is 6. The second kappa shape index (κ2) is 35.1. The molecule has 22 nitrogen and oxygen atoms in total. The molecule has 0 atom stereocenters. The molecule has 0 spiro atoms. The zero-order valence-electron chi connectivity index (χ0n) is 58.4. The summed E-state index contributed by atoms with van der Waals surface area (Å²) in [6, 6.07) is 39.8. The van der Waals surface area contributed by atoms with Gasteiger partial charge in [-0.1, -0.05) is 110 Å². The number of nitrogens with zero attached hydrogens (tertiary/aromatic N) is 11. The molecule has 0 aliphatic carbocycles. The molecule has 0 amide bonds. The molecule has 12 rings (SSSR count). The molecule has 0 bridgehead atoms. The number of unbranched alkanes of at least 4 members (excludes halogenated alkanes) is 5. The molecule has 0 unspecified atom stereocenters. The lowest BCUT2D eigenvalue weighted by molar-refractivity contribution is 0.200. The Bertz CT molecular complexity index is 4580. The maximum absolute atomic E-state index is 6.01. The fraction of sp³-hybridized carbons (Fsp3) is 0.329. The number of nitrogens with two attached hydrogens (primary N) is 5. The summed E-state index contributed by atoms with van der Waals surface area (Å²) in [6.45, 7) is 24.6. The van der Waals surface area contributed by atoms with Crippen molar-refractivity contribution in [2.75, 3.05) is 55.6 Å². The summed E-state index contributed by atoms with van der Waals surface area (Å²) in [5.74, 6) is 11.4. The van der Waals surface area contributed by atoms with E-state index < -0.39 is 0 Å². The zero-order valence-corrected chi connectivity index (χ0v) is 58.4. The molecular formula is C76H92N16O6. The van der Waals surface area contributed by atoms with Crippen LogP contribution in [0.5, 0.6) is 40.2 Å². The van der Waals surface area contributed by atoms with Crippen molar-refractivity contribution in [2.24, 2.45) is 11.3 Å². The van der Waals surface area contributed by atoms with E-state index in [1.165, 1.54) is 32.1 Å². The summed E-state index contributed by atoms with van der Waals surface area (Å²) in [6.07, 6.45) is 12.0. The first-order chi connectivity index (χ1) is 47.1. The Balaban J connectivity index is 0.000000157. The Hall–Kier alpha value is -11.0. The van der Waals surface area contributed by atoms with Crippen molar-refractivity contribution >= 4 is 83.6 Å². The van der Waals surface area contributed by atoms with E-state index in [9.17, 15) is 0 Å². The van der Waals surface area contributed by atoms with Gasteiger partial charge in [0.15, 0.2) is 0 Å². The van der Waals surface area contributed by atoms with E-state index in [0.717, 1.165) is 103 Å². The van der Waals surface area contributed by atoms with E-state index in [1.807, 2.05) is 162 Å². The number of hydrogen-bond donors (Lipinski definition) is 5. The van der Waals surface area contributed by atoms with E-state index in [2.05, 4.69) is 96.4 Å². The average molecular weight is 1330 g/mol. The molecule has 10 N–H and O–H groups in total. The van der Waals surface area contributed by atoms with E-state index >= 15 is 0 Å². The predicted molar refractivity (Wildman–Crippen MR) is 394 cm³/mol. The smallest absolute Gasteiger partial charge is 0.140 e. The van der Waals surface area contributed by atoms with Gasteiger partial charge in [0.2, 0.25) is 0 Å². The average Bonchev–Trinajstić information content (AvgIpc) is 0.837. The van der Waals surface area contributed by atoms with Crippen LogP contribution < -0.4 is 57.1 Å². The van der Waals surface area contributed by atoms with Crippen LogP contribution >= 0.6 is 0 Å². The van der Waals surface area contributed by atoms with Gasteiger partial charge >= 0.3 is 0 Å². The van der Waals surface area contributed by atoms with Gasteiger partial charge in [0.1, 0.15) is 105 Å². The highest BCUT2D eigenvalue weighted by molar-refractivity contribution is 5.97. The van der Waals surface area contributed by atoms with Crippen LogP contribution in [0.25, 0.3) is 54.5 Å². The molecule has 0 aliphatic heterocycles. The van der Waals surface area contributed by atoms with Gasteiger partial charge in [-0.2, -0.15) is 0 Å². The maximum Gasteiger partial charge on any atom is 0.140 e. The number of rotatable bonds is 20. The van der Waals surface area contributed by atoms with E-state index in [1.54, 1.807) is 19.5 Å². The Morgan fingerprint density at radius 3 is 1.15 bits per heavy atom. The van der Waals surface area contributed by atoms with Gasteiger partial charge < -0.3 is 57.1 Å². The highest BCUT2D eigenvalue weighted by atomic mass is 16.5. The summed E-state index contributed by atoms with van der Waals surface area (Å²) in [5.41, 5.74) is 35.1. The lowest BCUT2D eigenvalue weighted by Crippen LogP contribution is -2.17. The molecular weight excluding hydrogens is 1230 g/mol. The molecule has 0 fully saturated rings. The Morgan fingerprint density at radius 1 is 0.398 bits per heavy atom. The topological polar surface area (TPSA) is 327 Å². The largest absolute Gasteiger partial charge is 0.497 e. The van der Waals surface area contributed by atoms with Gasteiger partial charge in [0, 0.05) is 18.0 Å². The van der Waals surface area contributed by atoms with Crippen LogP contribution in [0.3, 0.4) is 0 Å². The molecule has 6 heterocycles. The number of aromatic nitrogens is 11. The minimum absolute atomic E-state index is 0.0997. The first-order valence-corrected chi connectivity index (χ1v) is 32.9. The summed E-state index contributed by atoms with van der Waals surface area (Å²) >= 11 is 0. The van der Waals surface area contributed by atoms with Crippen LogP contribution in [0.2, 0.25) is 0 Å². The molecule has 98 heavy (non-hydrogen) atoms. The molecule has 0 radical (unpaired) electrons. The summed E-state index contributed by atoms with van der Waals surface area (Å²) < 4.78 is 34.4. The van der Waals surface area contributed by atoms with E-state index in [-0.39, 0.29) is 5.41 Å². The van der Waals surface area contributed by atoms with Crippen LogP contribution in [0.4, 0.5) is 29.1 Å². The number of anilines is 5. The Kier molecular flexibility index (Phi) is 26.1. The van der Waals surface area contributed by atoms with Crippen LogP contribution in [0.1, 0.15) is 121 Å². The number of aryl methyl sites for hydroxylation is 5. The predicted octanol–water partition coefficient (Wildman–Crippen LogP) is 16.0. The minimum Gasteiger partial charge on any atom is -0.497 e. The fourth-order valence-corrected chi connectivity index (χ4v) is 10.2. The summed E-state index contributed by atoms with van der Waals surface area (Å²) in [4.78, 5) is 46.9. The normalized spacial score (nSPS) is 11.0. The van der Waals surface area contributed by atoms with Crippen molar-refractivity contribution < 1.29 is 28.4 Å². The molecule has 22 heteroatoms. The maximum atomic E-state index is 6.01. The minimum atomic E-state index is 0.0997. The van der Waals surface area contributed by atoms with Gasteiger partial charge in [-0.25, -0.2) is 49.8 Å². The van der Waals surface area contributed by atoms with Gasteiger partial charge in [0.25, 0.3) is 0 Å². The monoisotopic (exact) mass is 1320 g/mol. The van der Waals surface area contributed by atoms with Crippen LogP contribution in [0, 0.1) is 46.0 Å². The van der Waals surface area contributed by atoms with Gasteiger partial charge in [-0.15, -0.1) is 0 Å². The third kappa shape index (κ3) is 21.0. The molecule has 6 aromatic carbocycles. The molecule has 512 valence electrons. The van der Waals surface area contributed by atoms with Crippen molar-refractivity contribution in [3.8, 4) is 40.2 Å². The Morgan fingerprint density at radius 2 is 0.765 bits per heavy atom. The highest BCUT2D eigenvalue weighted by Gasteiger charge is 2.17. The first-order valence-electron chi connectivity index (χ1n) is 32.9. The lowest BCUT2D eigenvalue weighted by atomic mass is 9.99. The quantitative estimate of drug-likeness (QED) is 0.0443. The molecule has 6 aromatic heterocycles. The van der Waals surface area contributed by atoms with Crippen molar-refractivity contribution in [3.63, 3.8) is 0 Å². The first kappa shape index (κ1) is 72.8. The number of nitrogen functional groups attached to an aromatic ring is 5.